The summed E-state index contributed by atoms with van der Waals surface area (Å²) in [4.78, 5) is 17.5. The van der Waals surface area contributed by atoms with Crippen LogP contribution in [0.3, 0.4) is 0 Å². The van der Waals surface area contributed by atoms with Crippen LogP contribution >= 0.6 is 11.8 Å². The number of thioether (sulfide) groups is 1. The van der Waals surface area contributed by atoms with Crippen molar-refractivity contribution >= 4 is 33.4 Å². The van der Waals surface area contributed by atoms with Gasteiger partial charge in [-0.15, -0.1) is 10.2 Å². The number of benzene rings is 1. The molecule has 11 nitrogen and oxygen atoms in total. The van der Waals surface area contributed by atoms with E-state index in [1.165, 1.54) is 41.7 Å². The quantitative estimate of drug-likeness (QED) is 0.372. The number of carbonyl (C=O) groups is 1. The molecule has 0 spiro atoms. The van der Waals surface area contributed by atoms with Crippen LogP contribution in [-0.4, -0.2) is 77.5 Å². The number of nitrogens with one attached hydrogen (secondary N) is 1. The second kappa shape index (κ2) is 12.7. The van der Waals surface area contributed by atoms with Gasteiger partial charge in [-0.3, -0.25) is 14.3 Å². The van der Waals surface area contributed by atoms with Gasteiger partial charge in [0.05, 0.1) is 36.7 Å². The van der Waals surface area contributed by atoms with Crippen LogP contribution in [0.15, 0.2) is 52.8 Å². The highest BCUT2D eigenvalue weighted by Crippen LogP contribution is 2.39. The first kappa shape index (κ1) is 28.5. The molecule has 214 valence electrons. The molecule has 1 aliphatic heterocycles. The number of morpholine rings is 1. The van der Waals surface area contributed by atoms with Gasteiger partial charge in [-0.25, -0.2) is 8.42 Å². The van der Waals surface area contributed by atoms with Gasteiger partial charge in [0, 0.05) is 37.1 Å². The number of hydrogen-bond acceptors (Lipinski definition) is 9. The summed E-state index contributed by atoms with van der Waals surface area (Å²) in [5, 5.41) is 12.5. The molecule has 5 rings (SSSR count). The van der Waals surface area contributed by atoms with E-state index in [-0.39, 0.29) is 35.7 Å². The number of sulfonamides is 1. The normalized spacial score (nSPS) is 20.2. The molecule has 1 N–H and O–H groups in total. The van der Waals surface area contributed by atoms with Crippen molar-refractivity contribution in [1.82, 2.24) is 24.1 Å². The molecule has 40 heavy (non-hydrogen) atoms. The number of carbonyl (C=O) groups excluding carboxylic acids is 1. The Hall–Kier alpha value is -3.00. The highest BCUT2D eigenvalue weighted by molar-refractivity contribution is 7.99. The summed E-state index contributed by atoms with van der Waals surface area (Å²) < 4.78 is 40.6. The van der Waals surface area contributed by atoms with E-state index in [1.807, 2.05) is 12.1 Å². The van der Waals surface area contributed by atoms with Crippen molar-refractivity contribution in [2.45, 2.75) is 48.7 Å². The number of amides is 1. The van der Waals surface area contributed by atoms with E-state index in [4.69, 9.17) is 9.47 Å². The first-order valence-corrected chi connectivity index (χ1v) is 15.8. The molecule has 2 aromatic heterocycles. The lowest BCUT2D eigenvalue weighted by Crippen LogP contribution is -2.40. The van der Waals surface area contributed by atoms with Crippen molar-refractivity contribution in [3.63, 3.8) is 0 Å². The summed E-state index contributed by atoms with van der Waals surface area (Å²) in [5.74, 6) is 1.33. The number of ether oxygens (including phenoxy) is 2. The highest BCUT2D eigenvalue weighted by Gasteiger charge is 2.30. The molecule has 2 atom stereocenters. The maximum Gasteiger partial charge on any atom is 0.243 e. The van der Waals surface area contributed by atoms with Gasteiger partial charge in [0.15, 0.2) is 11.0 Å². The topological polar surface area (TPSA) is 129 Å². The fraction of sp³-hybridized carbons (Fsp3) is 0.481. The molecule has 1 aliphatic carbocycles. The minimum Gasteiger partial charge on any atom is -0.495 e. The summed E-state index contributed by atoms with van der Waals surface area (Å²) in [6, 6.07) is 8.55. The van der Waals surface area contributed by atoms with Crippen LogP contribution in [0.2, 0.25) is 0 Å². The fourth-order valence-electron chi connectivity index (χ4n) is 5.24. The van der Waals surface area contributed by atoms with E-state index in [9.17, 15) is 13.2 Å². The summed E-state index contributed by atoms with van der Waals surface area (Å²) in [6.45, 7) is 3.52. The molecule has 0 bridgehead atoms. The number of rotatable bonds is 9. The lowest BCUT2D eigenvalue weighted by molar-refractivity contribution is -0.113. The molecule has 1 saturated carbocycles. The Morgan fingerprint density at radius 1 is 1.18 bits per heavy atom. The zero-order valence-electron chi connectivity index (χ0n) is 22.7. The van der Waals surface area contributed by atoms with Crippen molar-refractivity contribution in [2.24, 2.45) is 5.92 Å². The van der Waals surface area contributed by atoms with Crippen molar-refractivity contribution in [3.8, 4) is 17.1 Å². The summed E-state index contributed by atoms with van der Waals surface area (Å²) in [7, 11) is -2.26. The molecule has 2 fully saturated rings. The molecule has 13 heteroatoms. The third-order valence-corrected chi connectivity index (χ3v) is 10.2. The van der Waals surface area contributed by atoms with Crippen LogP contribution in [0, 0.1) is 5.92 Å². The molecular weight excluding hydrogens is 552 g/mol. The molecule has 0 radical (unpaired) electrons. The van der Waals surface area contributed by atoms with Gasteiger partial charge in [-0.1, -0.05) is 31.5 Å². The SMILES string of the molecule is COc1ccc(S(=O)(=O)N2CCOCC2)cc1NC(=O)CSc1nnc(-c2cccnc2)n1[C@H]1CCCC[C@H]1C. The third-order valence-electron chi connectivity index (χ3n) is 7.37. The van der Waals surface area contributed by atoms with Gasteiger partial charge in [0.1, 0.15) is 5.75 Å². The van der Waals surface area contributed by atoms with Crippen molar-refractivity contribution in [2.75, 3.05) is 44.5 Å². The maximum absolute atomic E-state index is 13.2. The Kier molecular flexibility index (Phi) is 9.03. The lowest BCUT2D eigenvalue weighted by atomic mass is 9.85. The van der Waals surface area contributed by atoms with Gasteiger partial charge in [0.2, 0.25) is 15.9 Å². The van der Waals surface area contributed by atoms with Crippen LogP contribution in [0.1, 0.15) is 38.6 Å². The third kappa shape index (κ3) is 6.17. The Balaban J connectivity index is 1.35. The summed E-state index contributed by atoms with van der Waals surface area (Å²) in [6.07, 6.45) is 7.99. The number of aromatic nitrogens is 4. The standard InChI is InChI=1S/C27H34N6O5S2/c1-19-6-3-4-8-23(19)33-26(20-7-5-11-28-17-20)30-31-27(33)39-18-25(34)29-22-16-21(9-10-24(22)37-2)40(35,36)32-12-14-38-15-13-32/h5,7,9-11,16-17,19,23H,3-4,6,8,12-15,18H2,1-2H3,(H,29,34)/t19-,23+/m1/s1. The Morgan fingerprint density at radius 2 is 1.98 bits per heavy atom. The zero-order valence-corrected chi connectivity index (χ0v) is 24.3. The van der Waals surface area contributed by atoms with Crippen molar-refractivity contribution < 1.29 is 22.7 Å². The Bertz CT molecular complexity index is 1430. The molecular formula is C27H34N6O5S2. The van der Waals surface area contributed by atoms with Gasteiger partial charge in [-0.05, 0) is 49.1 Å². The van der Waals surface area contributed by atoms with E-state index < -0.39 is 10.0 Å². The smallest absolute Gasteiger partial charge is 0.243 e. The predicted octanol–water partition coefficient (Wildman–Crippen LogP) is 3.85. The maximum atomic E-state index is 13.2. The first-order valence-electron chi connectivity index (χ1n) is 13.4. The average Bonchev–Trinajstić information content (AvgIpc) is 3.41. The largest absolute Gasteiger partial charge is 0.495 e. The van der Waals surface area contributed by atoms with E-state index in [1.54, 1.807) is 18.5 Å². The Labute approximate surface area is 238 Å². The van der Waals surface area contributed by atoms with Gasteiger partial charge in [0.25, 0.3) is 0 Å². The van der Waals surface area contributed by atoms with Crippen molar-refractivity contribution in [3.05, 3.63) is 42.7 Å². The molecule has 3 aromatic rings. The number of nitrogens with zero attached hydrogens (tertiary/aromatic N) is 5. The predicted molar refractivity (Wildman–Crippen MR) is 152 cm³/mol. The molecule has 1 amide bonds. The van der Waals surface area contributed by atoms with Gasteiger partial charge >= 0.3 is 0 Å². The van der Waals surface area contributed by atoms with Gasteiger partial charge < -0.3 is 14.8 Å². The molecule has 1 saturated heterocycles. The van der Waals surface area contributed by atoms with Crippen LogP contribution in [0.4, 0.5) is 5.69 Å². The summed E-state index contributed by atoms with van der Waals surface area (Å²) in [5.41, 5.74) is 1.17. The monoisotopic (exact) mass is 586 g/mol. The number of anilines is 1. The van der Waals surface area contributed by atoms with Crippen LogP contribution in [0.25, 0.3) is 11.4 Å². The van der Waals surface area contributed by atoms with Crippen LogP contribution in [-0.2, 0) is 19.6 Å². The highest BCUT2D eigenvalue weighted by atomic mass is 32.2. The first-order chi connectivity index (χ1) is 19.4. The second-order valence-electron chi connectivity index (χ2n) is 9.96. The fourth-order valence-corrected chi connectivity index (χ4v) is 7.47. The minimum absolute atomic E-state index is 0.0653. The van der Waals surface area contributed by atoms with E-state index in [0.29, 0.717) is 35.7 Å². The molecule has 0 unspecified atom stereocenters. The minimum atomic E-state index is -3.73. The molecule has 1 aromatic carbocycles. The van der Waals surface area contributed by atoms with Crippen molar-refractivity contribution in [1.29, 1.82) is 0 Å². The summed E-state index contributed by atoms with van der Waals surface area (Å²) >= 11 is 1.31. The van der Waals surface area contributed by atoms with E-state index in [0.717, 1.165) is 30.7 Å². The van der Waals surface area contributed by atoms with E-state index in [2.05, 4.69) is 32.0 Å². The lowest BCUT2D eigenvalue weighted by Gasteiger charge is -2.31. The number of hydrogen-bond donors (Lipinski definition) is 1. The Morgan fingerprint density at radius 3 is 2.70 bits per heavy atom. The number of methoxy groups -OCH3 is 1. The molecule has 2 aliphatic rings. The molecule has 3 heterocycles. The zero-order chi connectivity index (χ0) is 28.1. The second-order valence-corrected chi connectivity index (χ2v) is 12.8. The van der Waals surface area contributed by atoms with Crippen LogP contribution in [0.5, 0.6) is 5.75 Å². The van der Waals surface area contributed by atoms with Crippen LogP contribution < -0.4 is 10.1 Å². The van der Waals surface area contributed by atoms with E-state index >= 15 is 0 Å². The number of pyridine rings is 1. The van der Waals surface area contributed by atoms with Gasteiger partial charge in [-0.2, -0.15) is 4.31 Å². The average molecular weight is 587 g/mol.